The Morgan fingerprint density at radius 1 is 1.21 bits per heavy atom. The summed E-state index contributed by atoms with van der Waals surface area (Å²) < 4.78 is 8.29. The third kappa shape index (κ3) is 5.92. The van der Waals surface area contributed by atoms with Crippen LogP contribution < -0.4 is 10.2 Å². The van der Waals surface area contributed by atoms with Crippen molar-refractivity contribution in [1.82, 2.24) is 15.2 Å². The Morgan fingerprint density at radius 2 is 1.90 bits per heavy atom. The van der Waals surface area contributed by atoms with Gasteiger partial charge in [0, 0.05) is 5.02 Å². The Hall–Kier alpha value is -2.64. The molecule has 0 aliphatic carbocycles. The normalized spacial score (nSPS) is 11.0. The second-order valence-electron chi connectivity index (χ2n) is 6.42. The molecular formula is C21H20BrClN4O2. The van der Waals surface area contributed by atoms with Crippen molar-refractivity contribution in [2.24, 2.45) is 5.10 Å². The summed E-state index contributed by atoms with van der Waals surface area (Å²) >= 11 is 9.32. The molecule has 2 aromatic carbocycles. The van der Waals surface area contributed by atoms with Gasteiger partial charge in [-0.2, -0.15) is 10.2 Å². The lowest BCUT2D eigenvalue weighted by atomic mass is 10.2. The number of carbonyl (C=O) groups excluding carboxylic acids is 1. The third-order valence-corrected chi connectivity index (χ3v) is 5.59. The van der Waals surface area contributed by atoms with Gasteiger partial charge in [0.15, 0.2) is 0 Å². The van der Waals surface area contributed by atoms with E-state index in [0.717, 1.165) is 32.7 Å². The molecule has 8 heteroatoms. The molecule has 1 N–H and O–H groups in total. The molecule has 1 aromatic heterocycles. The van der Waals surface area contributed by atoms with E-state index in [1.54, 1.807) is 10.9 Å². The molecule has 0 saturated carbocycles. The molecule has 1 heterocycles. The van der Waals surface area contributed by atoms with E-state index >= 15 is 0 Å². The van der Waals surface area contributed by atoms with Crippen LogP contribution in [0.2, 0.25) is 5.02 Å². The van der Waals surface area contributed by atoms with Crippen LogP contribution in [0.5, 0.6) is 5.75 Å². The lowest BCUT2D eigenvalue weighted by Crippen LogP contribution is -2.24. The fraction of sp³-hybridized carbons (Fsp3) is 0.190. The fourth-order valence-corrected chi connectivity index (χ4v) is 2.99. The van der Waals surface area contributed by atoms with E-state index in [-0.39, 0.29) is 12.5 Å². The molecule has 0 bridgehead atoms. The van der Waals surface area contributed by atoms with E-state index in [1.165, 1.54) is 0 Å². The summed E-state index contributed by atoms with van der Waals surface area (Å²) in [6.07, 6.45) is 1.58. The van der Waals surface area contributed by atoms with Gasteiger partial charge in [-0.3, -0.25) is 9.48 Å². The summed E-state index contributed by atoms with van der Waals surface area (Å²) in [5.41, 5.74) is 6.14. The van der Waals surface area contributed by atoms with Crippen LogP contribution in [-0.4, -0.2) is 21.9 Å². The second-order valence-corrected chi connectivity index (χ2v) is 7.65. The first-order valence-electron chi connectivity index (χ1n) is 8.91. The van der Waals surface area contributed by atoms with E-state index in [2.05, 4.69) is 31.6 Å². The van der Waals surface area contributed by atoms with Crippen LogP contribution in [-0.2, 0) is 17.9 Å². The maximum Gasteiger partial charge on any atom is 0.261 e. The van der Waals surface area contributed by atoms with E-state index in [4.69, 9.17) is 16.3 Å². The predicted molar refractivity (Wildman–Crippen MR) is 117 cm³/mol. The van der Waals surface area contributed by atoms with Gasteiger partial charge in [0.25, 0.3) is 5.91 Å². The Labute approximate surface area is 182 Å². The molecular weight excluding hydrogens is 456 g/mol. The van der Waals surface area contributed by atoms with E-state index < -0.39 is 0 Å². The zero-order valence-corrected chi connectivity index (χ0v) is 18.4. The standard InChI is InChI=1S/C21H20BrClN4O2/c1-14-21(22)15(2)27(26-14)12-20(28)25-24-11-16-5-9-19(10-6-16)29-13-17-3-7-18(23)8-4-17/h3-11H,12-13H2,1-2H3,(H,25,28)/b24-11+. The summed E-state index contributed by atoms with van der Waals surface area (Å²) in [4.78, 5) is 12.0. The smallest absolute Gasteiger partial charge is 0.261 e. The maximum absolute atomic E-state index is 12.0. The number of benzene rings is 2. The van der Waals surface area contributed by atoms with Gasteiger partial charge < -0.3 is 4.74 Å². The molecule has 0 aliphatic heterocycles. The Morgan fingerprint density at radius 3 is 2.52 bits per heavy atom. The van der Waals surface area contributed by atoms with Crippen LogP contribution in [0, 0.1) is 13.8 Å². The molecule has 1 amide bonds. The van der Waals surface area contributed by atoms with E-state index in [9.17, 15) is 4.79 Å². The van der Waals surface area contributed by atoms with Crippen LogP contribution in [0.15, 0.2) is 58.1 Å². The number of aromatic nitrogens is 2. The second kappa shape index (κ2) is 9.71. The first-order chi connectivity index (χ1) is 13.9. The van der Waals surface area contributed by atoms with Crippen molar-refractivity contribution in [2.45, 2.75) is 27.0 Å². The number of nitrogens with zero attached hydrogens (tertiary/aromatic N) is 3. The van der Waals surface area contributed by atoms with Crippen molar-refractivity contribution >= 4 is 39.7 Å². The summed E-state index contributed by atoms with van der Waals surface area (Å²) in [5, 5.41) is 9.00. The highest BCUT2D eigenvalue weighted by Crippen LogP contribution is 2.19. The third-order valence-electron chi connectivity index (χ3n) is 4.19. The molecule has 0 fully saturated rings. The van der Waals surface area contributed by atoms with Crippen LogP contribution >= 0.6 is 27.5 Å². The minimum atomic E-state index is -0.248. The number of nitrogens with one attached hydrogen (secondary N) is 1. The molecule has 0 saturated heterocycles. The Bertz CT molecular complexity index is 1010. The number of ether oxygens (including phenoxy) is 1. The van der Waals surface area contributed by atoms with Crippen LogP contribution in [0.1, 0.15) is 22.5 Å². The van der Waals surface area contributed by atoms with Crippen molar-refractivity contribution in [1.29, 1.82) is 0 Å². The minimum absolute atomic E-state index is 0.104. The quantitative estimate of drug-likeness (QED) is 0.400. The van der Waals surface area contributed by atoms with Crippen molar-refractivity contribution in [3.05, 3.63) is 80.5 Å². The summed E-state index contributed by atoms with van der Waals surface area (Å²) in [5.74, 6) is 0.499. The number of rotatable bonds is 7. The number of hydrogen-bond acceptors (Lipinski definition) is 4. The molecule has 0 spiro atoms. The minimum Gasteiger partial charge on any atom is -0.489 e. The van der Waals surface area contributed by atoms with Crippen LogP contribution in [0.4, 0.5) is 0 Å². The van der Waals surface area contributed by atoms with Gasteiger partial charge in [-0.25, -0.2) is 5.43 Å². The molecule has 6 nitrogen and oxygen atoms in total. The van der Waals surface area contributed by atoms with Gasteiger partial charge in [-0.05, 0) is 77.3 Å². The number of amides is 1. The molecule has 0 unspecified atom stereocenters. The highest BCUT2D eigenvalue weighted by molar-refractivity contribution is 9.10. The molecule has 3 rings (SSSR count). The number of aryl methyl sites for hydroxylation is 1. The van der Waals surface area contributed by atoms with Gasteiger partial charge in [0.05, 0.1) is 22.1 Å². The van der Waals surface area contributed by atoms with Crippen molar-refractivity contribution in [3.63, 3.8) is 0 Å². The van der Waals surface area contributed by atoms with Gasteiger partial charge in [0.1, 0.15) is 18.9 Å². The lowest BCUT2D eigenvalue weighted by Gasteiger charge is -2.06. The molecule has 0 atom stereocenters. The number of hydrogen-bond donors (Lipinski definition) is 1. The SMILES string of the molecule is Cc1nn(CC(=O)N/N=C/c2ccc(OCc3ccc(Cl)cc3)cc2)c(C)c1Br. The first-order valence-corrected chi connectivity index (χ1v) is 10.1. The predicted octanol–water partition coefficient (Wildman–Crippen LogP) is 4.65. The Balaban J connectivity index is 1.48. The average Bonchev–Trinajstić information content (AvgIpc) is 2.95. The highest BCUT2D eigenvalue weighted by Gasteiger charge is 2.11. The molecule has 0 radical (unpaired) electrons. The van der Waals surface area contributed by atoms with Gasteiger partial charge in [-0.1, -0.05) is 23.7 Å². The Kier molecular flexibility index (Phi) is 7.06. The topological polar surface area (TPSA) is 68.5 Å². The van der Waals surface area contributed by atoms with Gasteiger partial charge in [0.2, 0.25) is 0 Å². The van der Waals surface area contributed by atoms with Gasteiger partial charge in [-0.15, -0.1) is 0 Å². The zero-order valence-electron chi connectivity index (χ0n) is 16.0. The lowest BCUT2D eigenvalue weighted by molar-refractivity contribution is -0.121. The van der Waals surface area contributed by atoms with E-state index in [1.807, 2.05) is 62.4 Å². The molecule has 3 aromatic rings. The molecule has 29 heavy (non-hydrogen) atoms. The summed E-state index contributed by atoms with van der Waals surface area (Å²) in [6.45, 7) is 4.35. The summed E-state index contributed by atoms with van der Waals surface area (Å²) in [7, 11) is 0. The van der Waals surface area contributed by atoms with Crippen molar-refractivity contribution in [2.75, 3.05) is 0 Å². The number of hydrazone groups is 1. The van der Waals surface area contributed by atoms with Crippen molar-refractivity contribution in [3.8, 4) is 5.75 Å². The maximum atomic E-state index is 12.0. The number of carbonyl (C=O) groups is 1. The van der Waals surface area contributed by atoms with Crippen LogP contribution in [0.3, 0.4) is 0 Å². The largest absolute Gasteiger partial charge is 0.489 e. The average molecular weight is 476 g/mol. The fourth-order valence-electron chi connectivity index (χ4n) is 2.58. The molecule has 150 valence electrons. The summed E-state index contributed by atoms with van der Waals surface area (Å²) in [6, 6.07) is 15.0. The van der Waals surface area contributed by atoms with Crippen molar-refractivity contribution < 1.29 is 9.53 Å². The van der Waals surface area contributed by atoms with E-state index in [0.29, 0.717) is 11.6 Å². The highest BCUT2D eigenvalue weighted by atomic mass is 79.9. The molecule has 0 aliphatic rings. The number of halogens is 2. The zero-order chi connectivity index (χ0) is 20.8. The van der Waals surface area contributed by atoms with Gasteiger partial charge >= 0.3 is 0 Å². The monoisotopic (exact) mass is 474 g/mol. The van der Waals surface area contributed by atoms with Crippen LogP contribution in [0.25, 0.3) is 0 Å². The first kappa shape index (κ1) is 21.1.